The summed E-state index contributed by atoms with van der Waals surface area (Å²) in [6, 6.07) is 5.83. The number of hydrogen-bond acceptors (Lipinski definition) is 8. The molecule has 2 N–H and O–H groups in total. The number of benzene rings is 1. The Kier molecular flexibility index (Phi) is 6.59. The molecule has 0 saturated heterocycles. The van der Waals surface area contributed by atoms with Crippen molar-refractivity contribution in [2.45, 2.75) is 18.8 Å². The van der Waals surface area contributed by atoms with E-state index in [0.29, 0.717) is 11.1 Å². The number of aromatic nitrogens is 5. The van der Waals surface area contributed by atoms with Crippen LogP contribution in [0.4, 0.5) is 10.1 Å². The van der Waals surface area contributed by atoms with Gasteiger partial charge in [0, 0.05) is 42.7 Å². The highest BCUT2D eigenvalue weighted by Crippen LogP contribution is 2.42. The maximum absolute atomic E-state index is 14.3. The van der Waals surface area contributed by atoms with Crippen molar-refractivity contribution < 1.29 is 18.8 Å². The van der Waals surface area contributed by atoms with E-state index in [4.69, 9.17) is 11.6 Å². The van der Waals surface area contributed by atoms with Crippen molar-refractivity contribution in [1.82, 2.24) is 24.5 Å². The number of nitriles is 1. The van der Waals surface area contributed by atoms with Gasteiger partial charge < -0.3 is 14.9 Å². The van der Waals surface area contributed by atoms with Gasteiger partial charge in [-0.05, 0) is 23.8 Å². The van der Waals surface area contributed by atoms with E-state index in [1.165, 1.54) is 36.1 Å². The number of nitrogens with one attached hydrogen (secondary N) is 1. The number of carbonyl (C=O) groups is 1. The molecule has 1 aromatic carbocycles. The van der Waals surface area contributed by atoms with Crippen molar-refractivity contribution in [3.8, 4) is 11.8 Å². The fourth-order valence-corrected chi connectivity index (χ4v) is 4.29. The van der Waals surface area contributed by atoms with Crippen molar-refractivity contribution in [2.75, 3.05) is 5.32 Å². The molecule has 0 unspecified atom stereocenters. The van der Waals surface area contributed by atoms with Crippen LogP contribution in [0, 0.1) is 17.1 Å². The van der Waals surface area contributed by atoms with E-state index in [2.05, 4.69) is 25.1 Å². The van der Waals surface area contributed by atoms with Crippen LogP contribution < -0.4 is 10.9 Å². The molecule has 13 heteroatoms. The summed E-state index contributed by atoms with van der Waals surface area (Å²) >= 11 is 6.45. The quantitative estimate of drug-likeness (QED) is 0.400. The molecule has 184 valence electrons. The number of amides is 1. The predicted octanol–water partition coefficient (Wildman–Crippen LogP) is 3.06. The average Bonchev–Trinajstić information content (AvgIpc) is 3.49. The van der Waals surface area contributed by atoms with Crippen LogP contribution in [-0.2, 0) is 14.1 Å². The molecule has 0 radical (unpaired) electrons. The van der Waals surface area contributed by atoms with Crippen LogP contribution in [0.25, 0.3) is 0 Å². The molecule has 0 aliphatic carbocycles. The van der Waals surface area contributed by atoms with Gasteiger partial charge >= 0.3 is 0 Å². The summed E-state index contributed by atoms with van der Waals surface area (Å²) in [6.45, 7) is 1.68. The zero-order chi connectivity index (χ0) is 26.1. The van der Waals surface area contributed by atoms with E-state index >= 15 is 0 Å². The number of nitrogens with zero attached hydrogens (tertiary/aromatic N) is 6. The zero-order valence-corrected chi connectivity index (χ0v) is 20.0. The van der Waals surface area contributed by atoms with Crippen LogP contribution in [0.3, 0.4) is 0 Å². The maximum atomic E-state index is 14.3. The Morgan fingerprint density at radius 1 is 1.33 bits per heavy atom. The minimum atomic E-state index is -0.877. The molecular weight excluding hydrogens is 493 g/mol. The Balaban J connectivity index is 1.90. The highest BCUT2D eigenvalue weighted by molar-refractivity contribution is 6.31. The molecule has 0 fully saturated rings. The van der Waals surface area contributed by atoms with Gasteiger partial charge in [-0.3, -0.25) is 18.8 Å². The Morgan fingerprint density at radius 3 is 2.75 bits per heavy atom. The average molecular weight is 512 g/mol. The molecule has 0 aliphatic rings. The molecule has 0 aliphatic heterocycles. The monoisotopic (exact) mass is 511 g/mol. The largest absolute Gasteiger partial charge is 0.501 e. The number of rotatable bonds is 6. The third-order valence-corrected chi connectivity index (χ3v) is 6.05. The standard InChI is InChI=1S/C23H19ClFN7O4/c1-11(18(14-6-12(25)4-5-16(14)24)15-9-31(2)30-17(15)7-26)21-29-19(20(33)23(35)32(21)3)22(34)28-13-8-27-36-10-13/h4-6,8-11,18,33H,1-3H3,(H,28,34)/t11-,18+/m1/s1. The number of aromatic hydroxyl groups is 1. The van der Waals surface area contributed by atoms with Gasteiger partial charge in [0.05, 0.1) is 6.20 Å². The van der Waals surface area contributed by atoms with Crippen molar-refractivity contribution >= 4 is 23.2 Å². The number of carbonyl (C=O) groups excluding carboxylic acids is 1. The van der Waals surface area contributed by atoms with Crippen molar-refractivity contribution in [1.29, 1.82) is 5.26 Å². The van der Waals surface area contributed by atoms with Gasteiger partial charge in [-0.25, -0.2) is 9.37 Å². The van der Waals surface area contributed by atoms with Crippen LogP contribution in [0.1, 0.15) is 51.9 Å². The smallest absolute Gasteiger partial charge is 0.296 e. The number of hydrogen-bond donors (Lipinski definition) is 2. The molecule has 3 aromatic heterocycles. The van der Waals surface area contributed by atoms with E-state index in [-0.39, 0.29) is 22.2 Å². The topological polar surface area (TPSA) is 152 Å². The SMILES string of the molecule is C[C@@H](c1nc(C(=O)Nc2cnoc2)c(O)c(=O)n1C)[C@@H](c1cc(F)ccc1Cl)c1cn(C)nc1C#N. The highest BCUT2D eigenvalue weighted by atomic mass is 35.5. The van der Waals surface area contributed by atoms with Gasteiger partial charge in [-0.1, -0.05) is 23.7 Å². The Hall–Kier alpha value is -4.50. The first-order valence-electron chi connectivity index (χ1n) is 10.5. The third-order valence-electron chi connectivity index (χ3n) is 5.71. The summed E-state index contributed by atoms with van der Waals surface area (Å²) in [4.78, 5) is 30.0. The first kappa shape index (κ1) is 24.6. The fourth-order valence-electron chi connectivity index (χ4n) is 4.06. The van der Waals surface area contributed by atoms with E-state index in [0.717, 1.165) is 10.8 Å². The van der Waals surface area contributed by atoms with Gasteiger partial charge in [0.15, 0.2) is 11.4 Å². The highest BCUT2D eigenvalue weighted by Gasteiger charge is 2.33. The molecule has 4 rings (SSSR count). The summed E-state index contributed by atoms with van der Waals surface area (Å²) in [5, 5.41) is 30.4. The normalized spacial score (nSPS) is 12.7. The molecule has 4 aromatic rings. The number of anilines is 1. The lowest BCUT2D eigenvalue weighted by Gasteiger charge is -2.26. The lowest BCUT2D eigenvalue weighted by Crippen LogP contribution is -2.29. The molecule has 3 heterocycles. The van der Waals surface area contributed by atoms with Crippen molar-refractivity contribution in [2.24, 2.45) is 14.1 Å². The van der Waals surface area contributed by atoms with Gasteiger partial charge in [0.1, 0.15) is 29.7 Å². The van der Waals surface area contributed by atoms with E-state index in [1.54, 1.807) is 20.2 Å². The summed E-state index contributed by atoms with van der Waals surface area (Å²) in [5.74, 6) is -3.76. The predicted molar refractivity (Wildman–Crippen MR) is 125 cm³/mol. The molecule has 2 atom stereocenters. The minimum absolute atomic E-state index is 0.0730. The van der Waals surface area contributed by atoms with Crippen LogP contribution in [0.15, 0.2) is 46.2 Å². The lowest BCUT2D eigenvalue weighted by atomic mass is 9.81. The first-order chi connectivity index (χ1) is 17.1. The summed E-state index contributed by atoms with van der Waals surface area (Å²) < 4.78 is 21.5. The van der Waals surface area contributed by atoms with Crippen LogP contribution in [0.2, 0.25) is 5.02 Å². The van der Waals surface area contributed by atoms with E-state index in [9.17, 15) is 24.3 Å². The Morgan fingerprint density at radius 2 is 2.08 bits per heavy atom. The summed E-state index contributed by atoms with van der Waals surface area (Å²) in [7, 11) is 3.00. The molecule has 0 saturated carbocycles. The van der Waals surface area contributed by atoms with Crippen molar-refractivity contribution in [3.63, 3.8) is 0 Å². The molecule has 36 heavy (non-hydrogen) atoms. The first-order valence-corrected chi connectivity index (χ1v) is 10.9. The molecule has 11 nitrogen and oxygen atoms in total. The molecule has 0 bridgehead atoms. The second-order valence-corrected chi connectivity index (χ2v) is 8.46. The molecular formula is C23H19ClFN7O4. The summed E-state index contributed by atoms with van der Waals surface area (Å²) in [6.07, 6.45) is 3.99. The van der Waals surface area contributed by atoms with E-state index in [1.807, 2.05) is 6.07 Å². The van der Waals surface area contributed by atoms with Gasteiger partial charge in [0.2, 0.25) is 5.75 Å². The molecule has 0 spiro atoms. The third kappa shape index (κ3) is 4.44. The zero-order valence-electron chi connectivity index (χ0n) is 19.2. The Bertz CT molecular complexity index is 1550. The van der Waals surface area contributed by atoms with Gasteiger partial charge in [-0.2, -0.15) is 10.4 Å². The second kappa shape index (κ2) is 9.63. The van der Waals surface area contributed by atoms with E-state index < -0.39 is 40.6 Å². The van der Waals surface area contributed by atoms with Crippen LogP contribution in [-0.4, -0.2) is 35.5 Å². The number of halogens is 2. The fraction of sp³-hybridized carbons (Fsp3) is 0.217. The number of aryl methyl sites for hydroxylation is 1. The van der Waals surface area contributed by atoms with Gasteiger partial charge in [0.25, 0.3) is 11.5 Å². The second-order valence-electron chi connectivity index (χ2n) is 8.05. The Labute approximate surface area is 208 Å². The van der Waals surface area contributed by atoms with Crippen LogP contribution in [0.5, 0.6) is 5.75 Å². The molecule has 1 amide bonds. The van der Waals surface area contributed by atoms with Crippen LogP contribution >= 0.6 is 11.6 Å². The summed E-state index contributed by atoms with van der Waals surface area (Å²) in [5.41, 5.74) is -0.405. The maximum Gasteiger partial charge on any atom is 0.296 e. The van der Waals surface area contributed by atoms with Gasteiger partial charge in [-0.15, -0.1) is 0 Å². The minimum Gasteiger partial charge on any atom is -0.501 e. The van der Waals surface area contributed by atoms with Crippen molar-refractivity contribution in [3.05, 3.63) is 86.4 Å². The lowest BCUT2D eigenvalue weighted by molar-refractivity contribution is 0.101.